The van der Waals surface area contributed by atoms with E-state index in [0.717, 1.165) is 17.7 Å². The first kappa shape index (κ1) is 18.5. The van der Waals surface area contributed by atoms with Gasteiger partial charge in [-0.1, -0.05) is 13.0 Å². The number of benzene rings is 2. The van der Waals surface area contributed by atoms with Crippen molar-refractivity contribution in [2.45, 2.75) is 26.3 Å². The zero-order valence-corrected chi connectivity index (χ0v) is 15.2. The van der Waals surface area contributed by atoms with E-state index in [2.05, 4.69) is 20.6 Å². The van der Waals surface area contributed by atoms with E-state index in [9.17, 15) is 9.18 Å². The molecule has 2 N–H and O–H groups in total. The van der Waals surface area contributed by atoms with Gasteiger partial charge in [0, 0.05) is 28.9 Å². The average Bonchev–Trinajstić information content (AvgIpc) is 2.69. The van der Waals surface area contributed by atoms with Crippen molar-refractivity contribution in [3.63, 3.8) is 0 Å². The molecular formula is C21H21FN4O. The van der Waals surface area contributed by atoms with Gasteiger partial charge in [0.2, 0.25) is 0 Å². The van der Waals surface area contributed by atoms with Crippen molar-refractivity contribution in [1.29, 1.82) is 0 Å². The van der Waals surface area contributed by atoms with E-state index >= 15 is 0 Å². The monoisotopic (exact) mass is 364 g/mol. The van der Waals surface area contributed by atoms with Gasteiger partial charge in [0.25, 0.3) is 5.91 Å². The fraction of sp³-hybridized carbons (Fsp3) is 0.190. The summed E-state index contributed by atoms with van der Waals surface area (Å²) in [5.41, 5.74) is 2.80. The highest BCUT2D eigenvalue weighted by Crippen LogP contribution is 2.22. The molecule has 0 saturated heterocycles. The van der Waals surface area contributed by atoms with Crippen LogP contribution < -0.4 is 10.6 Å². The molecule has 0 unspecified atom stereocenters. The molecule has 1 heterocycles. The highest BCUT2D eigenvalue weighted by molar-refractivity contribution is 5.95. The molecule has 27 heavy (non-hydrogen) atoms. The van der Waals surface area contributed by atoms with Crippen LogP contribution in [0.25, 0.3) is 11.3 Å². The minimum Gasteiger partial charge on any atom is -0.350 e. The van der Waals surface area contributed by atoms with Crippen LogP contribution in [0.4, 0.5) is 15.9 Å². The van der Waals surface area contributed by atoms with Gasteiger partial charge >= 0.3 is 0 Å². The fourth-order valence-electron chi connectivity index (χ4n) is 2.50. The van der Waals surface area contributed by atoms with Crippen LogP contribution >= 0.6 is 0 Å². The van der Waals surface area contributed by atoms with E-state index < -0.39 is 0 Å². The van der Waals surface area contributed by atoms with Gasteiger partial charge in [-0.3, -0.25) is 4.79 Å². The van der Waals surface area contributed by atoms with E-state index in [0.29, 0.717) is 17.1 Å². The number of amides is 1. The topological polar surface area (TPSA) is 66.9 Å². The summed E-state index contributed by atoms with van der Waals surface area (Å²) in [5, 5.41) is 6.13. The maximum atomic E-state index is 13.1. The van der Waals surface area contributed by atoms with Gasteiger partial charge in [-0.2, -0.15) is 0 Å². The molecule has 138 valence electrons. The third kappa shape index (κ3) is 4.88. The summed E-state index contributed by atoms with van der Waals surface area (Å²) in [4.78, 5) is 20.7. The Kier molecular flexibility index (Phi) is 5.76. The maximum Gasteiger partial charge on any atom is 0.251 e. The van der Waals surface area contributed by atoms with E-state index in [1.165, 1.54) is 18.5 Å². The lowest BCUT2D eigenvalue weighted by Gasteiger charge is -2.12. The van der Waals surface area contributed by atoms with E-state index in [-0.39, 0.29) is 17.8 Å². The molecule has 0 fully saturated rings. The number of aromatic nitrogens is 2. The average molecular weight is 364 g/mol. The predicted octanol–water partition coefficient (Wildman–Crippen LogP) is 4.55. The van der Waals surface area contributed by atoms with Crippen molar-refractivity contribution < 1.29 is 9.18 Å². The Balaban J connectivity index is 1.77. The third-order valence-corrected chi connectivity index (χ3v) is 4.19. The van der Waals surface area contributed by atoms with Gasteiger partial charge in [-0.25, -0.2) is 14.4 Å². The zero-order valence-electron chi connectivity index (χ0n) is 15.2. The molecule has 1 amide bonds. The maximum absolute atomic E-state index is 13.1. The fourth-order valence-corrected chi connectivity index (χ4v) is 2.50. The lowest BCUT2D eigenvalue weighted by Crippen LogP contribution is -2.31. The summed E-state index contributed by atoms with van der Waals surface area (Å²) in [6.07, 6.45) is 2.32. The SMILES string of the molecule is CC[C@H](C)NC(=O)c1cccc(Nc2cc(-c3ccc(F)cc3)ncn2)c1. The second-order valence-electron chi connectivity index (χ2n) is 6.28. The molecule has 0 aliphatic heterocycles. The van der Waals surface area contributed by atoms with Gasteiger partial charge in [-0.05, 0) is 55.8 Å². The molecule has 1 aromatic heterocycles. The molecule has 0 radical (unpaired) electrons. The van der Waals surface area contributed by atoms with E-state index in [4.69, 9.17) is 0 Å². The molecule has 3 rings (SSSR count). The number of hydrogen-bond donors (Lipinski definition) is 2. The van der Waals surface area contributed by atoms with Gasteiger partial charge in [0.1, 0.15) is 18.0 Å². The van der Waals surface area contributed by atoms with Crippen LogP contribution in [0, 0.1) is 5.82 Å². The minimum absolute atomic E-state index is 0.109. The van der Waals surface area contributed by atoms with Gasteiger partial charge in [-0.15, -0.1) is 0 Å². The van der Waals surface area contributed by atoms with Crippen LogP contribution in [0.15, 0.2) is 60.9 Å². The predicted molar refractivity (Wildman–Crippen MR) is 104 cm³/mol. The Morgan fingerprint density at radius 3 is 2.63 bits per heavy atom. The molecule has 5 nitrogen and oxygen atoms in total. The molecule has 3 aromatic rings. The third-order valence-electron chi connectivity index (χ3n) is 4.19. The summed E-state index contributed by atoms with van der Waals surface area (Å²) in [5.74, 6) is 0.185. The molecule has 0 aliphatic carbocycles. The standard InChI is InChI=1S/C21H21FN4O/c1-3-14(2)25-21(27)16-5-4-6-18(11-16)26-20-12-19(23-13-24-20)15-7-9-17(22)10-8-15/h4-14H,3H2,1-2H3,(H,25,27)(H,23,24,26)/t14-/m0/s1. The smallest absolute Gasteiger partial charge is 0.251 e. The molecule has 1 atom stereocenters. The Morgan fingerprint density at radius 2 is 1.89 bits per heavy atom. The quantitative estimate of drug-likeness (QED) is 0.673. The largest absolute Gasteiger partial charge is 0.350 e. The van der Waals surface area contributed by atoms with Crippen LogP contribution in [0.5, 0.6) is 0 Å². The second-order valence-corrected chi connectivity index (χ2v) is 6.28. The first-order valence-electron chi connectivity index (χ1n) is 8.81. The van der Waals surface area contributed by atoms with Crippen molar-refractivity contribution in [1.82, 2.24) is 15.3 Å². The molecule has 0 bridgehead atoms. The molecular weight excluding hydrogens is 343 g/mol. The number of nitrogens with one attached hydrogen (secondary N) is 2. The summed E-state index contributed by atoms with van der Waals surface area (Å²) >= 11 is 0. The normalized spacial score (nSPS) is 11.7. The zero-order chi connectivity index (χ0) is 19.2. The highest BCUT2D eigenvalue weighted by Gasteiger charge is 2.09. The summed E-state index contributed by atoms with van der Waals surface area (Å²) in [7, 11) is 0. The van der Waals surface area contributed by atoms with Crippen molar-refractivity contribution in [3.8, 4) is 11.3 Å². The van der Waals surface area contributed by atoms with Crippen molar-refractivity contribution >= 4 is 17.4 Å². The Morgan fingerprint density at radius 1 is 1.11 bits per heavy atom. The van der Waals surface area contributed by atoms with Crippen LogP contribution in [-0.2, 0) is 0 Å². The van der Waals surface area contributed by atoms with E-state index in [1.807, 2.05) is 26.0 Å². The number of carbonyl (C=O) groups excluding carboxylic acids is 1. The molecule has 0 aliphatic rings. The molecule has 6 heteroatoms. The van der Waals surface area contributed by atoms with Crippen molar-refractivity contribution in [2.75, 3.05) is 5.32 Å². The Bertz CT molecular complexity index is 927. The van der Waals surface area contributed by atoms with Crippen molar-refractivity contribution in [3.05, 3.63) is 72.3 Å². The molecule has 0 saturated carbocycles. The Hall–Kier alpha value is -3.28. The van der Waals surface area contributed by atoms with Gasteiger partial charge in [0.05, 0.1) is 5.69 Å². The van der Waals surface area contributed by atoms with Crippen LogP contribution in [-0.4, -0.2) is 21.9 Å². The van der Waals surface area contributed by atoms with Gasteiger partial charge < -0.3 is 10.6 Å². The Labute approximate surface area is 157 Å². The summed E-state index contributed by atoms with van der Waals surface area (Å²) in [6, 6.07) is 15.2. The van der Waals surface area contributed by atoms with Crippen LogP contribution in [0.2, 0.25) is 0 Å². The second kappa shape index (κ2) is 8.40. The van der Waals surface area contributed by atoms with E-state index in [1.54, 1.807) is 30.3 Å². The van der Waals surface area contributed by atoms with Crippen molar-refractivity contribution in [2.24, 2.45) is 0 Å². The number of anilines is 2. The van der Waals surface area contributed by atoms with Gasteiger partial charge in [0.15, 0.2) is 0 Å². The number of halogens is 1. The summed E-state index contributed by atoms with van der Waals surface area (Å²) in [6.45, 7) is 3.99. The number of carbonyl (C=O) groups is 1. The number of hydrogen-bond acceptors (Lipinski definition) is 4. The highest BCUT2D eigenvalue weighted by atomic mass is 19.1. The number of nitrogens with zero attached hydrogens (tertiary/aromatic N) is 2. The first-order chi connectivity index (χ1) is 13.0. The van der Waals surface area contributed by atoms with Crippen LogP contribution in [0.3, 0.4) is 0 Å². The summed E-state index contributed by atoms with van der Waals surface area (Å²) < 4.78 is 13.1. The molecule has 0 spiro atoms. The molecule has 2 aromatic carbocycles. The lowest BCUT2D eigenvalue weighted by molar-refractivity contribution is 0.0939. The van der Waals surface area contributed by atoms with Crippen LogP contribution in [0.1, 0.15) is 30.6 Å². The first-order valence-corrected chi connectivity index (χ1v) is 8.81. The lowest BCUT2D eigenvalue weighted by atomic mass is 10.1. The number of rotatable bonds is 6. The minimum atomic E-state index is -0.293.